The molecular weight excluding hydrogens is 518 g/mol. The van der Waals surface area contributed by atoms with E-state index in [0.29, 0.717) is 5.75 Å². The number of rotatable bonds is 13. The largest absolute Gasteiger partial charge is 0.497 e. The van der Waals surface area contributed by atoms with Crippen molar-refractivity contribution in [3.63, 3.8) is 0 Å². The van der Waals surface area contributed by atoms with E-state index >= 15 is 0 Å². The Morgan fingerprint density at radius 3 is 1.90 bits per heavy atom. The van der Waals surface area contributed by atoms with Gasteiger partial charge in [-0.1, -0.05) is 90.1 Å². The summed E-state index contributed by atoms with van der Waals surface area (Å²) in [5.41, 5.74) is 0.619. The van der Waals surface area contributed by atoms with E-state index in [9.17, 15) is 19.5 Å². The van der Waals surface area contributed by atoms with Gasteiger partial charge in [-0.25, -0.2) is 4.79 Å². The van der Waals surface area contributed by atoms with Crippen molar-refractivity contribution in [1.82, 2.24) is 15.5 Å². The van der Waals surface area contributed by atoms with Gasteiger partial charge in [-0.3, -0.25) is 19.8 Å². The molecule has 0 fully saturated rings. The molecule has 0 unspecified atom stereocenters. The van der Waals surface area contributed by atoms with Crippen molar-refractivity contribution >= 4 is 17.8 Å². The van der Waals surface area contributed by atoms with Crippen LogP contribution >= 0.6 is 0 Å². The lowest BCUT2D eigenvalue weighted by Gasteiger charge is -2.44. The average Bonchev–Trinajstić information content (AvgIpc) is 2.91. The molecule has 0 aromatic heterocycles. The molecule has 0 spiro atoms. The molecule has 0 radical (unpaired) electrons. The van der Waals surface area contributed by atoms with Crippen LogP contribution in [0, 0.1) is 5.92 Å². The number of carbonyl (C=O) groups excluding carboxylic acids is 2. The van der Waals surface area contributed by atoms with E-state index in [0.717, 1.165) is 11.1 Å². The summed E-state index contributed by atoms with van der Waals surface area (Å²) in [4.78, 5) is 41.5. The molecule has 41 heavy (non-hydrogen) atoms. The fourth-order valence-electron chi connectivity index (χ4n) is 5.60. The number of methoxy groups -OCH3 is 1. The van der Waals surface area contributed by atoms with Crippen molar-refractivity contribution in [2.24, 2.45) is 5.92 Å². The van der Waals surface area contributed by atoms with Crippen molar-refractivity contribution in [2.45, 2.75) is 77.4 Å². The summed E-state index contributed by atoms with van der Waals surface area (Å²) in [6.45, 7) is 13.3. The Balaban J connectivity index is 2.57. The first-order valence-corrected chi connectivity index (χ1v) is 13.9. The zero-order valence-corrected chi connectivity index (χ0v) is 26.1. The zero-order valence-electron chi connectivity index (χ0n) is 26.1. The normalized spacial score (nSPS) is 14.9. The van der Waals surface area contributed by atoms with Gasteiger partial charge in [-0.15, -0.1) is 0 Å². The van der Waals surface area contributed by atoms with Crippen LogP contribution in [0.3, 0.4) is 0 Å². The van der Waals surface area contributed by atoms with Crippen LogP contribution in [0.5, 0.6) is 5.75 Å². The molecule has 8 heteroatoms. The summed E-state index contributed by atoms with van der Waals surface area (Å²) in [6.07, 6.45) is 1.67. The molecule has 0 saturated carbocycles. The molecule has 0 bridgehead atoms. The lowest BCUT2D eigenvalue weighted by Crippen LogP contribution is -2.62. The van der Waals surface area contributed by atoms with E-state index < -0.39 is 46.7 Å². The van der Waals surface area contributed by atoms with E-state index in [2.05, 4.69) is 10.6 Å². The molecule has 3 N–H and O–H groups in total. The molecular formula is C33H47N3O5. The molecule has 2 rings (SSSR count). The van der Waals surface area contributed by atoms with Gasteiger partial charge in [-0.05, 0) is 50.2 Å². The van der Waals surface area contributed by atoms with Crippen molar-refractivity contribution < 1.29 is 24.2 Å². The van der Waals surface area contributed by atoms with Crippen molar-refractivity contribution in [3.8, 4) is 5.75 Å². The highest BCUT2D eigenvalue weighted by molar-refractivity contribution is 6.01. The summed E-state index contributed by atoms with van der Waals surface area (Å²) >= 11 is 0. The van der Waals surface area contributed by atoms with Crippen LogP contribution in [0.2, 0.25) is 0 Å². The first kappa shape index (κ1) is 33.7. The number of aliphatic carboxylic acids is 1. The molecule has 224 valence electrons. The third-order valence-corrected chi connectivity index (χ3v) is 8.12. The maximum Gasteiger partial charge on any atom is 0.331 e. The van der Waals surface area contributed by atoms with Gasteiger partial charge in [0.1, 0.15) is 5.75 Å². The van der Waals surface area contributed by atoms with E-state index in [1.165, 1.54) is 0 Å². The average molecular weight is 566 g/mol. The van der Waals surface area contributed by atoms with Gasteiger partial charge >= 0.3 is 5.97 Å². The molecule has 0 saturated heterocycles. The second-order valence-electron chi connectivity index (χ2n) is 12.1. The number of hydrogen-bond acceptors (Lipinski definition) is 6. The molecule has 0 aliphatic heterocycles. The fraction of sp³-hybridized carbons (Fsp3) is 0.485. The van der Waals surface area contributed by atoms with Crippen molar-refractivity contribution in [1.29, 1.82) is 0 Å². The highest BCUT2D eigenvalue weighted by Crippen LogP contribution is 2.34. The second-order valence-corrected chi connectivity index (χ2v) is 12.1. The number of carboxylic acids is 1. The SMILES string of the molecule is CN[C@H](C(=O)NC(=O)[C@@H](N(C)[C@H](/C=C(\C)C(=O)O)C(C)C)C(C)(C)c1ccc(OC)cc1)C(C)(C)c1ccccc1. The van der Waals surface area contributed by atoms with Crippen LogP contribution in [0.15, 0.2) is 66.2 Å². The molecule has 2 aromatic carbocycles. The van der Waals surface area contributed by atoms with Gasteiger partial charge in [0.05, 0.1) is 19.2 Å². The lowest BCUT2D eigenvalue weighted by molar-refractivity contribution is -0.137. The Labute approximate surface area is 245 Å². The summed E-state index contributed by atoms with van der Waals surface area (Å²) in [6, 6.07) is 15.3. The number of imide groups is 1. The summed E-state index contributed by atoms with van der Waals surface area (Å²) < 4.78 is 5.33. The zero-order chi connectivity index (χ0) is 31.1. The number of hydrogen-bond donors (Lipinski definition) is 3. The van der Waals surface area contributed by atoms with Crippen LogP contribution in [0.4, 0.5) is 0 Å². The number of ether oxygens (including phenoxy) is 1. The number of nitrogens with one attached hydrogen (secondary N) is 2. The minimum atomic E-state index is -1.02. The van der Waals surface area contributed by atoms with E-state index in [4.69, 9.17) is 4.74 Å². The minimum absolute atomic E-state index is 0.0194. The first-order chi connectivity index (χ1) is 19.1. The van der Waals surface area contributed by atoms with Crippen LogP contribution in [-0.2, 0) is 25.2 Å². The monoisotopic (exact) mass is 565 g/mol. The molecule has 0 aliphatic carbocycles. The molecule has 3 atom stereocenters. The lowest BCUT2D eigenvalue weighted by atomic mass is 9.75. The van der Waals surface area contributed by atoms with Crippen LogP contribution < -0.4 is 15.4 Å². The van der Waals surface area contributed by atoms with E-state index in [-0.39, 0.29) is 11.5 Å². The number of likely N-dealkylation sites (N-methyl/N-ethyl adjacent to an activating group) is 2. The topological polar surface area (TPSA) is 108 Å². The van der Waals surface area contributed by atoms with Gasteiger partial charge < -0.3 is 15.2 Å². The summed E-state index contributed by atoms with van der Waals surface area (Å²) in [7, 11) is 5.10. The summed E-state index contributed by atoms with van der Waals surface area (Å²) in [5.74, 6) is -1.25. The number of benzene rings is 2. The van der Waals surface area contributed by atoms with Gasteiger partial charge in [0, 0.05) is 22.4 Å². The van der Waals surface area contributed by atoms with Gasteiger partial charge in [0.25, 0.3) is 0 Å². The fourth-order valence-corrected chi connectivity index (χ4v) is 5.60. The number of amides is 2. The van der Waals surface area contributed by atoms with Gasteiger partial charge in [-0.2, -0.15) is 0 Å². The van der Waals surface area contributed by atoms with Gasteiger partial charge in [0.15, 0.2) is 0 Å². The van der Waals surface area contributed by atoms with Gasteiger partial charge in [0.2, 0.25) is 11.8 Å². The number of nitrogens with zero attached hydrogens (tertiary/aromatic N) is 1. The van der Waals surface area contributed by atoms with Crippen LogP contribution in [-0.4, -0.2) is 67.1 Å². The molecule has 2 aromatic rings. The van der Waals surface area contributed by atoms with E-state index in [1.807, 2.05) is 101 Å². The van der Waals surface area contributed by atoms with E-state index in [1.54, 1.807) is 34.2 Å². The number of carbonyl (C=O) groups is 3. The molecule has 8 nitrogen and oxygen atoms in total. The minimum Gasteiger partial charge on any atom is -0.497 e. The maximum atomic E-state index is 14.2. The predicted octanol–water partition coefficient (Wildman–Crippen LogP) is 4.54. The Kier molecular flexibility index (Phi) is 11.4. The Morgan fingerprint density at radius 1 is 0.902 bits per heavy atom. The highest BCUT2D eigenvalue weighted by Gasteiger charge is 2.44. The van der Waals surface area contributed by atoms with Crippen molar-refractivity contribution in [3.05, 3.63) is 77.4 Å². The van der Waals surface area contributed by atoms with Crippen molar-refractivity contribution in [2.75, 3.05) is 21.2 Å². The first-order valence-electron chi connectivity index (χ1n) is 13.9. The van der Waals surface area contributed by atoms with Crippen LogP contribution in [0.1, 0.15) is 59.6 Å². The Morgan fingerprint density at radius 2 is 1.44 bits per heavy atom. The standard InChI is InChI=1S/C33H47N3O5/c1-21(2)26(20-22(3)31(39)40)36(9)28(33(6,7)24-16-18-25(41-10)19-17-24)30(38)35-29(37)27(34-8)32(4,5)23-14-12-11-13-15-23/h11-21,26-28,34H,1-10H3,(H,39,40)(H,35,37,38)/b22-20+/t26-,27-,28-/m1/s1. The van der Waals surface area contributed by atoms with Crippen LogP contribution in [0.25, 0.3) is 0 Å². The third kappa shape index (κ3) is 7.83. The Hall–Kier alpha value is -3.49. The second kappa shape index (κ2) is 13.9. The smallest absolute Gasteiger partial charge is 0.331 e. The summed E-state index contributed by atoms with van der Waals surface area (Å²) in [5, 5.41) is 15.4. The molecule has 2 amide bonds. The maximum absolute atomic E-state index is 14.2. The number of carboxylic acid groups (broad SMARTS) is 1. The molecule has 0 aliphatic rings. The predicted molar refractivity (Wildman–Crippen MR) is 163 cm³/mol. The third-order valence-electron chi connectivity index (χ3n) is 8.12. The quantitative estimate of drug-likeness (QED) is 0.306. The Bertz CT molecular complexity index is 1220. The highest BCUT2D eigenvalue weighted by atomic mass is 16.5. The molecule has 0 heterocycles.